The smallest absolute Gasteiger partial charge is 0.204 e. The zero-order valence-electron chi connectivity index (χ0n) is 14.8. The van der Waals surface area contributed by atoms with Gasteiger partial charge in [0.2, 0.25) is 0 Å². The summed E-state index contributed by atoms with van der Waals surface area (Å²) in [7, 11) is -8.76. The van der Waals surface area contributed by atoms with E-state index in [1.54, 1.807) is 48.5 Å². The second kappa shape index (κ2) is 7.66. The number of fused-ring (bicyclic) bond motifs is 2. The van der Waals surface area contributed by atoms with Crippen molar-refractivity contribution in [1.82, 2.24) is 0 Å². The first-order valence-electron chi connectivity index (χ1n) is 8.45. The van der Waals surface area contributed by atoms with Gasteiger partial charge < -0.3 is 0 Å². The average molecular weight is 477 g/mol. The third kappa shape index (κ3) is 3.84. The van der Waals surface area contributed by atoms with E-state index >= 15 is 0 Å². The molecule has 0 saturated carbocycles. The summed E-state index contributed by atoms with van der Waals surface area (Å²) in [6, 6.07) is 17.6. The molecule has 0 fully saturated rings. The fraction of sp³-hybridized carbons (Fsp3) is 0.158. The Labute approximate surface area is 176 Å². The molecular formula is C19H15F3O3S4. The van der Waals surface area contributed by atoms with Crippen LogP contribution in [0.4, 0.5) is 13.2 Å². The van der Waals surface area contributed by atoms with Crippen molar-refractivity contribution in [2.75, 3.05) is 5.75 Å². The highest BCUT2D eigenvalue weighted by Crippen LogP contribution is 2.72. The van der Waals surface area contributed by atoms with E-state index in [0.29, 0.717) is 26.0 Å². The Balaban J connectivity index is 1.92. The molecule has 1 aromatic heterocycles. The van der Waals surface area contributed by atoms with Gasteiger partial charge in [-0.1, -0.05) is 52.4 Å². The number of benzene rings is 2. The number of aryl methyl sites for hydroxylation is 1. The number of thiophene rings is 1. The van der Waals surface area contributed by atoms with Crippen LogP contribution in [-0.2, 0) is 20.2 Å². The van der Waals surface area contributed by atoms with Crippen molar-refractivity contribution in [2.45, 2.75) is 31.5 Å². The molecule has 10 heteroatoms. The normalized spacial score (nSPS) is 16.7. The fourth-order valence-electron chi connectivity index (χ4n) is 3.07. The first-order chi connectivity index (χ1) is 13.7. The highest BCUT2D eigenvalue weighted by atomic mass is 32.3. The molecule has 2 heterocycles. The van der Waals surface area contributed by atoms with Crippen molar-refractivity contribution in [3.05, 3.63) is 70.9 Å². The Morgan fingerprint density at radius 1 is 0.897 bits per heavy atom. The zero-order chi connectivity index (χ0) is 20.7. The maximum Gasteiger partial charge on any atom is 0.523 e. The van der Waals surface area contributed by atoms with E-state index in [1.165, 1.54) is 23.1 Å². The van der Waals surface area contributed by atoms with E-state index in [9.17, 15) is 21.6 Å². The first-order valence-corrected chi connectivity index (χ1v) is 13.3. The number of hydrogen-bond acceptors (Lipinski definition) is 5. The molecule has 154 valence electrons. The lowest BCUT2D eigenvalue weighted by atomic mass is 10.3. The van der Waals surface area contributed by atoms with Gasteiger partial charge in [0.1, 0.15) is 0 Å². The van der Waals surface area contributed by atoms with Crippen LogP contribution in [-0.4, -0.2) is 19.7 Å². The van der Waals surface area contributed by atoms with Gasteiger partial charge in [0, 0.05) is 30.2 Å². The summed E-state index contributed by atoms with van der Waals surface area (Å²) in [6.45, 7) is 0. The molecule has 0 spiro atoms. The lowest BCUT2D eigenvalue weighted by molar-refractivity contribution is -0.0496. The van der Waals surface area contributed by atoms with Gasteiger partial charge in [-0.25, -0.2) is 3.63 Å². The molecule has 3 nitrogen and oxygen atoms in total. The molecule has 0 bridgehead atoms. The zero-order valence-corrected chi connectivity index (χ0v) is 18.0. The van der Waals surface area contributed by atoms with E-state index in [1.807, 2.05) is 17.5 Å². The minimum atomic E-state index is -5.80. The molecule has 0 N–H and O–H groups in total. The third-order valence-electron chi connectivity index (χ3n) is 4.33. The maximum atomic E-state index is 13.3. The lowest BCUT2D eigenvalue weighted by Gasteiger charge is -2.43. The minimum absolute atomic E-state index is 0.136. The van der Waals surface area contributed by atoms with Gasteiger partial charge in [-0.2, -0.15) is 21.6 Å². The molecular weight excluding hydrogens is 461 g/mol. The summed E-state index contributed by atoms with van der Waals surface area (Å²) in [5, 5.41) is 1.88. The van der Waals surface area contributed by atoms with Gasteiger partial charge >= 0.3 is 15.6 Å². The maximum absolute atomic E-state index is 13.3. The fourth-order valence-corrected chi connectivity index (χ4v) is 10.8. The number of hydrogen-bond donors (Lipinski definition) is 0. The average Bonchev–Trinajstić information content (AvgIpc) is 3.19. The van der Waals surface area contributed by atoms with Crippen LogP contribution in [0, 0.1) is 0 Å². The summed E-state index contributed by atoms with van der Waals surface area (Å²) in [5.41, 5.74) is -5.50. The predicted molar refractivity (Wildman–Crippen MR) is 110 cm³/mol. The molecule has 3 aromatic rings. The van der Waals surface area contributed by atoms with Crippen LogP contribution >= 0.6 is 33.4 Å². The van der Waals surface area contributed by atoms with Gasteiger partial charge in [0.05, 0.1) is 0 Å². The van der Waals surface area contributed by atoms with Crippen molar-refractivity contribution in [3.8, 4) is 0 Å². The van der Waals surface area contributed by atoms with Crippen LogP contribution in [0.3, 0.4) is 0 Å². The van der Waals surface area contributed by atoms with E-state index in [2.05, 4.69) is 0 Å². The lowest BCUT2D eigenvalue weighted by Crippen LogP contribution is -2.29. The quantitative estimate of drug-likeness (QED) is 0.397. The van der Waals surface area contributed by atoms with Crippen LogP contribution in [0.2, 0.25) is 0 Å². The Morgan fingerprint density at radius 2 is 1.48 bits per heavy atom. The van der Waals surface area contributed by atoms with Gasteiger partial charge in [-0.05, 0) is 42.1 Å². The van der Waals surface area contributed by atoms with Crippen molar-refractivity contribution in [1.29, 1.82) is 0 Å². The molecule has 1 aliphatic heterocycles. The Morgan fingerprint density at radius 3 is 2.00 bits per heavy atom. The summed E-state index contributed by atoms with van der Waals surface area (Å²) in [5.74, 6) is 0.136. The number of rotatable bonds is 5. The second-order valence-electron chi connectivity index (χ2n) is 6.17. The molecule has 29 heavy (non-hydrogen) atoms. The molecule has 1 aliphatic rings. The standard InChI is InChI=1S/C19H15F3O3S4/c20-19(21,22)29(23,24)25-28(13-11-14-6-5-12-26-14)17-9-3-1-7-15(17)27-16-8-2-4-10-18(16)28/h1-10,12H,11,13H2. The van der Waals surface area contributed by atoms with Crippen molar-refractivity contribution in [3.63, 3.8) is 0 Å². The van der Waals surface area contributed by atoms with Gasteiger partial charge in [-0.3, -0.25) is 0 Å². The summed E-state index contributed by atoms with van der Waals surface area (Å²) < 4.78 is 69.5. The van der Waals surface area contributed by atoms with Crippen LogP contribution < -0.4 is 0 Å². The van der Waals surface area contributed by atoms with Crippen LogP contribution in [0.25, 0.3) is 0 Å². The second-order valence-corrected chi connectivity index (χ2v) is 12.8. The Bertz CT molecular complexity index is 1080. The summed E-state index contributed by atoms with van der Waals surface area (Å²) >= 11 is 2.89. The largest absolute Gasteiger partial charge is 0.523 e. The van der Waals surface area contributed by atoms with Crippen LogP contribution in [0.1, 0.15) is 4.88 Å². The molecule has 0 radical (unpaired) electrons. The van der Waals surface area contributed by atoms with Crippen LogP contribution in [0.5, 0.6) is 0 Å². The van der Waals surface area contributed by atoms with E-state index in [0.717, 1.165) is 4.88 Å². The number of alkyl halides is 3. The highest BCUT2D eigenvalue weighted by molar-refractivity contribution is 8.33. The minimum Gasteiger partial charge on any atom is -0.204 e. The van der Waals surface area contributed by atoms with Crippen molar-refractivity contribution < 1.29 is 25.2 Å². The van der Waals surface area contributed by atoms with Crippen LogP contribution in [0.15, 0.2) is 85.6 Å². The third-order valence-corrected chi connectivity index (χ3v) is 11.8. The van der Waals surface area contributed by atoms with E-state index in [4.69, 9.17) is 3.63 Å². The van der Waals surface area contributed by atoms with Crippen molar-refractivity contribution >= 4 is 43.5 Å². The highest BCUT2D eigenvalue weighted by Gasteiger charge is 2.53. The predicted octanol–water partition coefficient (Wildman–Crippen LogP) is 6.46. The van der Waals surface area contributed by atoms with Crippen molar-refractivity contribution in [2.24, 2.45) is 0 Å². The number of halogens is 3. The summed E-state index contributed by atoms with van der Waals surface area (Å²) in [6.07, 6.45) is 0.410. The Hall–Kier alpha value is -1.46. The topological polar surface area (TPSA) is 43.4 Å². The van der Waals surface area contributed by atoms with E-state index < -0.39 is 25.9 Å². The molecule has 2 aromatic carbocycles. The van der Waals surface area contributed by atoms with E-state index in [-0.39, 0.29) is 5.75 Å². The van der Waals surface area contributed by atoms with Gasteiger partial charge in [0.25, 0.3) is 0 Å². The summed E-state index contributed by atoms with van der Waals surface area (Å²) in [4.78, 5) is 3.40. The Kier molecular flexibility index (Phi) is 5.49. The molecule has 4 rings (SSSR count). The first kappa shape index (κ1) is 20.8. The molecule has 0 amide bonds. The molecule has 0 atom stereocenters. The molecule has 0 saturated heterocycles. The molecule has 0 aliphatic carbocycles. The SMILES string of the molecule is O=S(=O)(OS1(CCc2cccs2)c2ccccc2Sc2ccccc21)C(F)(F)F. The molecule has 0 unspecified atom stereocenters. The monoisotopic (exact) mass is 476 g/mol. The van der Waals surface area contributed by atoms with Gasteiger partial charge in [-0.15, -0.1) is 11.3 Å². The van der Waals surface area contributed by atoms with Gasteiger partial charge in [0.15, 0.2) is 0 Å².